The lowest BCUT2D eigenvalue weighted by Crippen LogP contribution is -2.19. The Bertz CT molecular complexity index is 772. The summed E-state index contributed by atoms with van der Waals surface area (Å²) in [7, 11) is 1.90. The molecule has 0 aliphatic heterocycles. The Morgan fingerprint density at radius 1 is 1.32 bits per heavy atom. The molecule has 2 aromatic heterocycles. The zero-order valence-electron chi connectivity index (χ0n) is 10.5. The third kappa shape index (κ3) is 1.87. The van der Waals surface area contributed by atoms with Crippen molar-refractivity contribution >= 4 is 27.9 Å². The summed E-state index contributed by atoms with van der Waals surface area (Å²) < 4.78 is 5.84. The van der Waals surface area contributed by atoms with Crippen LogP contribution in [0.3, 0.4) is 0 Å². The smallest absolute Gasteiger partial charge is 0.196 e. The van der Waals surface area contributed by atoms with Gasteiger partial charge in [0.2, 0.25) is 0 Å². The molecule has 94 valence electrons. The summed E-state index contributed by atoms with van der Waals surface area (Å²) in [6.45, 7) is 0.611. The first-order valence-corrected chi connectivity index (χ1v) is 6.01. The summed E-state index contributed by atoms with van der Waals surface area (Å²) >= 11 is 0. The predicted octanol–water partition coefficient (Wildman–Crippen LogP) is 2.73. The van der Waals surface area contributed by atoms with Crippen LogP contribution in [0.2, 0.25) is 0 Å². The van der Waals surface area contributed by atoms with Crippen molar-refractivity contribution in [2.45, 2.75) is 6.42 Å². The highest BCUT2D eigenvalue weighted by Crippen LogP contribution is 2.31. The van der Waals surface area contributed by atoms with E-state index in [4.69, 9.17) is 9.68 Å². The van der Waals surface area contributed by atoms with Crippen LogP contribution in [-0.2, 0) is 0 Å². The zero-order chi connectivity index (χ0) is 13.2. The van der Waals surface area contributed by atoms with E-state index in [0.29, 0.717) is 18.5 Å². The van der Waals surface area contributed by atoms with Crippen LogP contribution in [-0.4, -0.2) is 23.6 Å². The minimum absolute atomic E-state index is 0.447. The lowest BCUT2D eigenvalue weighted by Gasteiger charge is -2.15. The summed E-state index contributed by atoms with van der Waals surface area (Å²) in [4.78, 5) is 10.5. The van der Waals surface area contributed by atoms with E-state index in [-0.39, 0.29) is 0 Å². The molecule has 0 spiro atoms. The van der Waals surface area contributed by atoms with Gasteiger partial charge in [0.05, 0.1) is 12.5 Å². The molecule has 0 radical (unpaired) electrons. The second-order valence-electron chi connectivity index (χ2n) is 4.30. The number of para-hydroxylation sites is 1. The van der Waals surface area contributed by atoms with Gasteiger partial charge >= 0.3 is 0 Å². The van der Waals surface area contributed by atoms with E-state index >= 15 is 0 Å². The normalized spacial score (nSPS) is 10.7. The van der Waals surface area contributed by atoms with Crippen LogP contribution in [0.5, 0.6) is 0 Å². The highest BCUT2D eigenvalue weighted by atomic mass is 16.3. The lowest BCUT2D eigenvalue weighted by atomic mass is 10.2. The van der Waals surface area contributed by atoms with Crippen LogP contribution >= 0.6 is 0 Å². The Morgan fingerprint density at radius 2 is 2.16 bits per heavy atom. The molecule has 3 aromatic rings. The maximum absolute atomic E-state index is 8.66. The molecule has 0 atom stereocenters. The molecular formula is C14H12N4O. The summed E-state index contributed by atoms with van der Waals surface area (Å²) in [6, 6.07) is 9.90. The molecule has 0 aliphatic rings. The molecule has 0 aliphatic carbocycles. The number of benzene rings is 1. The van der Waals surface area contributed by atoms with Crippen LogP contribution in [0.4, 0.5) is 5.82 Å². The summed E-state index contributed by atoms with van der Waals surface area (Å²) in [5.74, 6) is 0.719. The van der Waals surface area contributed by atoms with Gasteiger partial charge < -0.3 is 9.32 Å². The van der Waals surface area contributed by atoms with Gasteiger partial charge in [-0.05, 0) is 12.1 Å². The number of rotatable bonds is 3. The number of fused-ring (bicyclic) bond motifs is 3. The van der Waals surface area contributed by atoms with Crippen molar-refractivity contribution in [3.8, 4) is 6.07 Å². The maximum Gasteiger partial charge on any atom is 0.196 e. The van der Waals surface area contributed by atoms with Gasteiger partial charge in [-0.25, -0.2) is 9.97 Å². The topological polar surface area (TPSA) is 66.0 Å². The van der Waals surface area contributed by atoms with Crippen LogP contribution in [0.1, 0.15) is 6.42 Å². The van der Waals surface area contributed by atoms with E-state index < -0.39 is 0 Å². The van der Waals surface area contributed by atoms with Crippen LogP contribution < -0.4 is 4.90 Å². The molecule has 0 amide bonds. The van der Waals surface area contributed by atoms with Gasteiger partial charge in [-0.1, -0.05) is 12.1 Å². The van der Waals surface area contributed by atoms with Crippen molar-refractivity contribution < 1.29 is 4.42 Å². The third-order valence-corrected chi connectivity index (χ3v) is 3.06. The van der Waals surface area contributed by atoms with Gasteiger partial charge in [0, 0.05) is 19.0 Å². The maximum atomic E-state index is 8.66. The average molecular weight is 252 g/mol. The van der Waals surface area contributed by atoms with Crippen molar-refractivity contribution in [2.75, 3.05) is 18.5 Å². The van der Waals surface area contributed by atoms with Gasteiger partial charge in [-0.2, -0.15) is 5.26 Å². The molecule has 2 heterocycles. The fourth-order valence-corrected chi connectivity index (χ4v) is 2.11. The molecule has 0 bridgehead atoms. The molecule has 19 heavy (non-hydrogen) atoms. The molecule has 0 N–H and O–H groups in total. The summed E-state index contributed by atoms with van der Waals surface area (Å²) in [5, 5.41) is 9.64. The van der Waals surface area contributed by atoms with E-state index in [0.717, 1.165) is 22.3 Å². The van der Waals surface area contributed by atoms with Crippen molar-refractivity contribution in [3.05, 3.63) is 30.6 Å². The van der Waals surface area contributed by atoms with Crippen molar-refractivity contribution in [1.82, 2.24) is 9.97 Å². The van der Waals surface area contributed by atoms with E-state index in [1.165, 1.54) is 6.33 Å². The molecule has 0 saturated carbocycles. The first kappa shape index (κ1) is 11.5. The summed E-state index contributed by atoms with van der Waals surface area (Å²) in [6.07, 6.45) is 1.98. The second kappa shape index (κ2) is 4.58. The molecule has 0 unspecified atom stereocenters. The second-order valence-corrected chi connectivity index (χ2v) is 4.30. The predicted molar refractivity (Wildman–Crippen MR) is 72.8 cm³/mol. The van der Waals surface area contributed by atoms with E-state index in [2.05, 4.69) is 16.0 Å². The van der Waals surface area contributed by atoms with E-state index in [1.54, 1.807) is 0 Å². The Hall–Kier alpha value is -2.61. The van der Waals surface area contributed by atoms with Crippen molar-refractivity contribution in [3.63, 3.8) is 0 Å². The number of nitrogens with zero attached hydrogens (tertiary/aromatic N) is 4. The Morgan fingerprint density at radius 3 is 3.00 bits per heavy atom. The largest absolute Gasteiger partial charge is 0.450 e. The number of nitriles is 1. The number of hydrogen-bond donors (Lipinski definition) is 0. The van der Waals surface area contributed by atoms with Crippen molar-refractivity contribution in [1.29, 1.82) is 5.26 Å². The SMILES string of the molecule is CN(CCC#N)c1ncnc2c1oc1ccccc12. The molecule has 1 aromatic carbocycles. The standard InChI is InChI=1S/C14H12N4O/c1-18(8-4-7-15)14-13-12(16-9-17-14)10-5-2-3-6-11(10)19-13/h2-3,5-6,9H,4,8H2,1H3. The van der Waals surface area contributed by atoms with Crippen LogP contribution in [0, 0.1) is 11.3 Å². The highest BCUT2D eigenvalue weighted by Gasteiger charge is 2.15. The minimum atomic E-state index is 0.447. The average Bonchev–Trinajstić information content (AvgIpc) is 2.83. The van der Waals surface area contributed by atoms with Crippen LogP contribution in [0.15, 0.2) is 35.0 Å². The molecule has 3 rings (SSSR count). The van der Waals surface area contributed by atoms with Gasteiger partial charge in [0.15, 0.2) is 11.4 Å². The highest BCUT2D eigenvalue weighted by molar-refractivity contribution is 6.05. The quantitative estimate of drug-likeness (QED) is 0.717. The number of aromatic nitrogens is 2. The number of anilines is 1. The van der Waals surface area contributed by atoms with Gasteiger partial charge in [0.25, 0.3) is 0 Å². The van der Waals surface area contributed by atoms with E-state index in [1.807, 2.05) is 36.2 Å². The first-order chi connectivity index (χ1) is 9.31. The van der Waals surface area contributed by atoms with Gasteiger partial charge in [0.1, 0.15) is 17.4 Å². The first-order valence-electron chi connectivity index (χ1n) is 6.01. The van der Waals surface area contributed by atoms with Gasteiger partial charge in [-0.3, -0.25) is 0 Å². The van der Waals surface area contributed by atoms with Gasteiger partial charge in [-0.15, -0.1) is 0 Å². The molecule has 0 saturated heterocycles. The Balaban J connectivity index is 2.18. The monoisotopic (exact) mass is 252 g/mol. The van der Waals surface area contributed by atoms with Crippen LogP contribution in [0.25, 0.3) is 22.1 Å². The molecule has 5 heteroatoms. The van der Waals surface area contributed by atoms with E-state index in [9.17, 15) is 0 Å². The fraction of sp³-hybridized carbons (Fsp3) is 0.214. The minimum Gasteiger partial charge on any atom is -0.450 e. The zero-order valence-corrected chi connectivity index (χ0v) is 10.5. The number of hydrogen-bond acceptors (Lipinski definition) is 5. The third-order valence-electron chi connectivity index (χ3n) is 3.06. The molecule has 5 nitrogen and oxygen atoms in total. The fourth-order valence-electron chi connectivity index (χ4n) is 2.11. The molecular weight excluding hydrogens is 240 g/mol. The van der Waals surface area contributed by atoms with Crippen molar-refractivity contribution in [2.24, 2.45) is 0 Å². The number of furan rings is 1. The summed E-state index contributed by atoms with van der Waals surface area (Å²) in [5.41, 5.74) is 2.28. The molecule has 0 fully saturated rings. The lowest BCUT2D eigenvalue weighted by molar-refractivity contribution is 0.662. The Kier molecular flexibility index (Phi) is 2.76. The Labute approximate surface area is 110 Å².